The number of hydrogen-bond donors (Lipinski definition) is 0. The first-order valence-electron chi connectivity index (χ1n) is 46.7. The van der Waals surface area contributed by atoms with E-state index in [1.165, 1.54) is 127 Å². The molecule has 12 rings (SSSR count). The van der Waals surface area contributed by atoms with Crippen molar-refractivity contribution in [1.82, 2.24) is 9.13 Å². The first kappa shape index (κ1) is 95.5. The molecule has 17 heteroatoms. The van der Waals surface area contributed by atoms with Gasteiger partial charge in [-0.05, 0) is 183 Å². The van der Waals surface area contributed by atoms with Crippen LogP contribution in [0.4, 0.5) is 0 Å². The van der Waals surface area contributed by atoms with Crippen LogP contribution < -0.4 is 35.7 Å². The number of nitrogens with zero attached hydrogens (tertiary/aromatic N) is 2. The molecule has 4 aliphatic rings. The quantitative estimate of drug-likeness (QED) is 0.0425. The predicted molar refractivity (Wildman–Crippen MR) is 520 cm³/mol. The Hall–Kier alpha value is -4.76. The van der Waals surface area contributed by atoms with Gasteiger partial charge in [-0.25, -0.2) is 0 Å². The normalized spacial score (nSPS) is 18.9. The lowest BCUT2D eigenvalue weighted by atomic mass is 9.69. The van der Waals surface area contributed by atoms with Crippen LogP contribution in [0, 0.1) is 10.8 Å². The highest BCUT2D eigenvalue weighted by Gasteiger charge is 2.55. The first-order chi connectivity index (χ1) is 55.3. The van der Waals surface area contributed by atoms with Crippen LogP contribution in [0.2, 0.25) is 72.5 Å². The average Bonchev–Trinajstić information content (AvgIpc) is 1.57. The molecule has 118 heavy (non-hydrogen) atoms. The van der Waals surface area contributed by atoms with E-state index in [9.17, 15) is 0 Å². The lowest BCUT2D eigenvalue weighted by Gasteiger charge is -2.35. The molecule has 6 heterocycles. The van der Waals surface area contributed by atoms with Crippen molar-refractivity contribution in [1.29, 1.82) is 0 Å². The lowest BCUT2D eigenvalue weighted by Crippen LogP contribution is -2.45. The van der Waals surface area contributed by atoms with Gasteiger partial charge >= 0.3 is 14.4 Å². The van der Waals surface area contributed by atoms with Gasteiger partial charge in [-0.2, -0.15) is 0 Å². The monoisotopic (exact) mass is 1680 g/mol. The number of benzene rings is 6. The highest BCUT2D eigenvalue weighted by Crippen LogP contribution is 2.47. The van der Waals surface area contributed by atoms with Crippen molar-refractivity contribution in [2.75, 3.05) is 13.2 Å². The predicted octanol–water partition coefficient (Wildman–Crippen LogP) is 26.0. The topological polar surface area (TPSA) is 92.9 Å². The summed E-state index contributed by atoms with van der Waals surface area (Å²) in [5.74, 6) is 1.75. The van der Waals surface area contributed by atoms with Gasteiger partial charge in [0.2, 0.25) is 0 Å². The zero-order chi connectivity index (χ0) is 87.0. The molecule has 650 valence electrons. The van der Waals surface area contributed by atoms with Crippen LogP contribution >= 0.6 is 0 Å². The van der Waals surface area contributed by atoms with E-state index in [4.69, 9.17) is 42.2 Å². The highest BCUT2D eigenvalue weighted by molar-refractivity contribution is 6.93. The standard InChI is InChI=1S/C49H76BNO4Si2.C43H65NO2Si2.C9H19BO3/c1-16-56(17-2,18-3)36-25-27-38-39-28-26-37(57(19-4,20-5)21-6)33-42(39)51(41(38)32-36)43-31-35(47(10,11)34-46(7,8)9)30-40(45(43)53-44-24-22-23-29-52-44)50-54-48(12,13)49(14,15)55-50;1-12-47(13-2,14-3)33-22-24-35-36-25-23-34(48(15-4,16-5)17-6)30-38(36)44(37(35)29-33)39-28-32(43(10,11)31-42(7,8)9)21-26-40(39)46-41-20-18-19-27-45-41;1-7(2)11-10-12-8(3,4)9(5,6)13-10/h25-28,30-33,44H,16-24,29,34H2,1-15H3;21-26,28-30,41H,12-20,27,31H2,1-11H3;7H,1-6H3. The second-order valence-corrected chi connectivity index (χ2v) is 63.0. The Morgan fingerprint density at radius 3 is 1.03 bits per heavy atom. The lowest BCUT2D eigenvalue weighted by molar-refractivity contribution is -0.106. The van der Waals surface area contributed by atoms with Crippen molar-refractivity contribution in [2.24, 2.45) is 10.8 Å². The smallest absolute Gasteiger partial charge is 0.463 e. The Balaban J connectivity index is 0.000000217. The summed E-state index contributed by atoms with van der Waals surface area (Å²) in [4.78, 5) is 0. The van der Waals surface area contributed by atoms with Crippen molar-refractivity contribution < 1.29 is 42.2 Å². The third-order valence-electron chi connectivity index (χ3n) is 30.1. The summed E-state index contributed by atoms with van der Waals surface area (Å²) in [5.41, 5.74) is 9.59. The van der Waals surface area contributed by atoms with E-state index < -0.39 is 57.9 Å². The van der Waals surface area contributed by atoms with E-state index in [1.807, 2.05) is 41.5 Å². The van der Waals surface area contributed by atoms with Crippen molar-refractivity contribution in [3.8, 4) is 22.9 Å². The van der Waals surface area contributed by atoms with E-state index in [1.54, 1.807) is 20.7 Å². The van der Waals surface area contributed by atoms with Crippen LogP contribution in [0.3, 0.4) is 0 Å². The van der Waals surface area contributed by atoms with Gasteiger partial charge in [0.1, 0.15) is 11.5 Å². The molecule has 0 bridgehead atoms. The van der Waals surface area contributed by atoms with Gasteiger partial charge in [0.05, 0.1) is 101 Å². The Bertz CT molecular complexity index is 4480. The molecular weight excluding hydrogens is 1520 g/mol. The molecule has 0 aliphatic carbocycles. The van der Waals surface area contributed by atoms with E-state index in [0.717, 1.165) is 86.3 Å². The minimum absolute atomic E-state index is 0.00531. The summed E-state index contributed by atoms with van der Waals surface area (Å²) < 4.78 is 62.6. The van der Waals surface area contributed by atoms with Crippen LogP contribution in [-0.2, 0) is 43.6 Å². The molecular formula is C101H160B2N2O9Si4. The fourth-order valence-electron chi connectivity index (χ4n) is 20.8. The van der Waals surface area contributed by atoms with Crippen LogP contribution in [0.25, 0.3) is 55.0 Å². The molecule has 0 saturated carbocycles. The van der Waals surface area contributed by atoms with Crippen molar-refractivity contribution in [2.45, 2.75) is 397 Å². The molecule has 11 nitrogen and oxygen atoms in total. The largest absolute Gasteiger partial charge is 0.640 e. The number of fused-ring (bicyclic) bond motifs is 6. The number of aromatic nitrogens is 2. The maximum absolute atomic E-state index is 7.29. The molecule has 4 aliphatic heterocycles. The van der Waals surface area contributed by atoms with Crippen LogP contribution in [0.15, 0.2) is 103 Å². The molecule has 2 unspecified atom stereocenters. The molecule has 0 amide bonds. The molecule has 4 fully saturated rings. The van der Waals surface area contributed by atoms with Crippen LogP contribution in [-0.4, -0.2) is 110 Å². The van der Waals surface area contributed by atoms with Gasteiger partial charge in [0, 0.05) is 46.0 Å². The second kappa shape index (κ2) is 37.2. The number of ether oxygens (including phenoxy) is 4. The minimum Gasteiger partial charge on any atom is -0.463 e. The molecule has 0 spiro atoms. The zero-order valence-corrected chi connectivity index (χ0v) is 84.3. The van der Waals surface area contributed by atoms with E-state index in [0.29, 0.717) is 6.61 Å². The van der Waals surface area contributed by atoms with E-state index in [-0.39, 0.29) is 51.5 Å². The maximum atomic E-state index is 7.29. The fraction of sp³-hybridized carbons (Fsp3) is 0.644. The molecule has 6 aromatic carbocycles. The SMILES string of the molecule is CC(C)OB1OC(C)(C)C(C)(C)O1.CC[Si](CC)(CC)c1ccc2c3ccc([Si](CC)(CC)CC)cc3n(-c3cc(C(C)(C)CC(C)(C)C)cc(B4OC(C)(C)C(C)(C)O4)c3OC3CCCCO3)c2c1.CC[Si](CC)(CC)c1ccc2c3ccc([Si](CC)(CC)CC)cc3n(-c3cc(C(C)(C)CC(C)(C)C)ccc3OC3CCCCO3)c2c1. The first-order valence-corrected chi connectivity index (χ1v) is 57.2. The Kier molecular flexibility index (Phi) is 30.1. The van der Waals surface area contributed by atoms with Gasteiger partial charge < -0.3 is 51.4 Å². The molecule has 2 aromatic heterocycles. The minimum atomic E-state index is -1.72. The summed E-state index contributed by atoms with van der Waals surface area (Å²) in [6.45, 7) is 74.9. The number of hydrogen-bond acceptors (Lipinski definition) is 9. The van der Waals surface area contributed by atoms with Crippen molar-refractivity contribution in [3.63, 3.8) is 0 Å². The van der Waals surface area contributed by atoms with Crippen molar-refractivity contribution in [3.05, 3.63) is 114 Å². The van der Waals surface area contributed by atoms with Crippen LogP contribution in [0.5, 0.6) is 11.5 Å². The molecule has 0 N–H and O–H groups in total. The van der Waals surface area contributed by atoms with Gasteiger partial charge in [-0.1, -0.05) is 306 Å². The van der Waals surface area contributed by atoms with Crippen molar-refractivity contribution >= 4 is 117 Å². The van der Waals surface area contributed by atoms with Gasteiger partial charge in [-0.3, -0.25) is 0 Å². The second-order valence-electron chi connectivity index (χ2n) is 41.9. The fourth-order valence-corrected chi connectivity index (χ4v) is 35.2. The average molecular weight is 1680 g/mol. The molecule has 8 aromatic rings. The zero-order valence-electron chi connectivity index (χ0n) is 80.3. The Morgan fingerprint density at radius 2 is 0.712 bits per heavy atom. The summed E-state index contributed by atoms with van der Waals surface area (Å²) in [5, 5.41) is 11.6. The summed E-state index contributed by atoms with van der Waals surface area (Å²) in [6.07, 6.45) is 7.89. The third-order valence-corrected chi connectivity index (χ3v) is 52.4. The molecule has 0 radical (unpaired) electrons. The summed E-state index contributed by atoms with van der Waals surface area (Å²) in [6, 6.07) is 57.1. The number of rotatable bonds is 29. The maximum Gasteiger partial charge on any atom is 0.640 e. The molecule has 4 saturated heterocycles. The molecule has 2 atom stereocenters. The Labute approximate surface area is 721 Å². The van der Waals surface area contributed by atoms with E-state index >= 15 is 0 Å². The van der Waals surface area contributed by atoms with Gasteiger partial charge in [0.25, 0.3) is 0 Å². The summed E-state index contributed by atoms with van der Waals surface area (Å²) >= 11 is 0. The third kappa shape index (κ3) is 19.7. The van der Waals surface area contributed by atoms with Gasteiger partial charge in [0.15, 0.2) is 12.6 Å². The van der Waals surface area contributed by atoms with E-state index in [2.05, 4.69) is 292 Å². The summed E-state index contributed by atoms with van der Waals surface area (Å²) in [7, 11) is -7.79. The van der Waals surface area contributed by atoms with Crippen LogP contribution in [0.1, 0.15) is 284 Å². The highest BCUT2D eigenvalue weighted by atomic mass is 28.3. The van der Waals surface area contributed by atoms with Gasteiger partial charge in [-0.15, -0.1) is 0 Å². The Morgan fingerprint density at radius 1 is 0.390 bits per heavy atom.